The fourth-order valence-corrected chi connectivity index (χ4v) is 1.94. The number of carbonyl (C=O) groups is 2. The van der Waals surface area contributed by atoms with Crippen molar-refractivity contribution in [3.8, 4) is 0 Å². The van der Waals surface area contributed by atoms with Gasteiger partial charge < -0.3 is 15.4 Å². The van der Waals surface area contributed by atoms with Gasteiger partial charge in [-0.3, -0.25) is 9.59 Å². The summed E-state index contributed by atoms with van der Waals surface area (Å²) in [6.07, 6.45) is 0.712. The minimum absolute atomic E-state index is 0.0302. The standard InChI is InChI=1S/C16H23ClN2O3/c1-10(2)15(20)19-12-5-6-14(17)13(9-12)16(21)18-11(3)7-8-22-4/h5-6,9-11H,7-8H2,1-4H3,(H,18,21)(H,19,20)/t11-/m1/s1. The first-order valence-corrected chi connectivity index (χ1v) is 7.63. The molecule has 0 bridgehead atoms. The van der Waals surface area contributed by atoms with Crippen molar-refractivity contribution in [2.75, 3.05) is 19.0 Å². The van der Waals surface area contributed by atoms with E-state index in [1.165, 1.54) is 0 Å². The number of anilines is 1. The van der Waals surface area contributed by atoms with Gasteiger partial charge >= 0.3 is 0 Å². The number of rotatable bonds is 7. The van der Waals surface area contributed by atoms with E-state index in [1.54, 1.807) is 39.2 Å². The Morgan fingerprint density at radius 2 is 1.95 bits per heavy atom. The molecule has 1 aromatic carbocycles. The fraction of sp³-hybridized carbons (Fsp3) is 0.500. The highest BCUT2D eigenvalue weighted by Crippen LogP contribution is 2.21. The highest BCUT2D eigenvalue weighted by atomic mass is 35.5. The molecule has 0 aromatic heterocycles. The largest absolute Gasteiger partial charge is 0.385 e. The third-order valence-corrected chi connectivity index (χ3v) is 3.46. The van der Waals surface area contributed by atoms with E-state index in [-0.39, 0.29) is 23.8 Å². The molecule has 0 saturated carbocycles. The lowest BCUT2D eigenvalue weighted by atomic mass is 10.1. The van der Waals surface area contributed by atoms with Gasteiger partial charge in [0.1, 0.15) is 0 Å². The number of benzene rings is 1. The molecule has 0 radical (unpaired) electrons. The Balaban J connectivity index is 2.80. The van der Waals surface area contributed by atoms with Gasteiger partial charge in [-0.25, -0.2) is 0 Å². The maximum absolute atomic E-state index is 12.3. The highest BCUT2D eigenvalue weighted by molar-refractivity contribution is 6.34. The van der Waals surface area contributed by atoms with Gasteiger partial charge in [0.05, 0.1) is 10.6 Å². The van der Waals surface area contributed by atoms with Crippen molar-refractivity contribution in [1.82, 2.24) is 5.32 Å². The van der Waals surface area contributed by atoms with Gasteiger partial charge in [0.15, 0.2) is 0 Å². The van der Waals surface area contributed by atoms with Gasteiger partial charge in [0.2, 0.25) is 5.91 Å². The van der Waals surface area contributed by atoms with Crippen LogP contribution in [0.5, 0.6) is 0 Å². The molecule has 0 unspecified atom stereocenters. The molecular weight excluding hydrogens is 304 g/mol. The van der Waals surface area contributed by atoms with Crippen molar-refractivity contribution < 1.29 is 14.3 Å². The molecule has 122 valence electrons. The van der Waals surface area contributed by atoms with Crippen molar-refractivity contribution in [3.05, 3.63) is 28.8 Å². The third kappa shape index (κ3) is 5.66. The van der Waals surface area contributed by atoms with E-state index in [2.05, 4.69) is 10.6 Å². The second kappa shape index (κ2) is 8.76. The summed E-state index contributed by atoms with van der Waals surface area (Å²) in [6, 6.07) is 4.83. The number of amides is 2. The van der Waals surface area contributed by atoms with Crippen LogP contribution in [0.15, 0.2) is 18.2 Å². The van der Waals surface area contributed by atoms with E-state index in [1.807, 2.05) is 6.92 Å². The number of carbonyl (C=O) groups excluding carboxylic acids is 2. The lowest BCUT2D eigenvalue weighted by Crippen LogP contribution is -2.33. The molecule has 2 amide bonds. The lowest BCUT2D eigenvalue weighted by Gasteiger charge is -2.15. The van der Waals surface area contributed by atoms with E-state index in [0.717, 1.165) is 0 Å². The maximum Gasteiger partial charge on any atom is 0.253 e. The summed E-state index contributed by atoms with van der Waals surface area (Å²) in [5.41, 5.74) is 0.894. The van der Waals surface area contributed by atoms with Crippen LogP contribution in [0, 0.1) is 5.92 Å². The second-order valence-electron chi connectivity index (χ2n) is 5.49. The molecule has 6 heteroatoms. The molecule has 0 heterocycles. The minimum Gasteiger partial charge on any atom is -0.385 e. The Bertz CT molecular complexity index is 532. The summed E-state index contributed by atoms with van der Waals surface area (Å²) < 4.78 is 4.98. The van der Waals surface area contributed by atoms with Crippen LogP contribution in [-0.4, -0.2) is 31.6 Å². The second-order valence-corrected chi connectivity index (χ2v) is 5.90. The van der Waals surface area contributed by atoms with Crippen LogP contribution < -0.4 is 10.6 Å². The molecule has 0 aliphatic heterocycles. The SMILES string of the molecule is COCC[C@@H](C)NC(=O)c1cc(NC(=O)C(C)C)ccc1Cl. The average molecular weight is 327 g/mol. The number of ether oxygens (including phenoxy) is 1. The van der Waals surface area contributed by atoms with Crippen molar-refractivity contribution >= 4 is 29.1 Å². The van der Waals surface area contributed by atoms with Crippen LogP contribution in [0.1, 0.15) is 37.6 Å². The van der Waals surface area contributed by atoms with Crippen LogP contribution in [-0.2, 0) is 9.53 Å². The molecule has 0 spiro atoms. The summed E-state index contributed by atoms with van der Waals surface area (Å²) in [7, 11) is 1.62. The average Bonchev–Trinajstić information content (AvgIpc) is 2.46. The van der Waals surface area contributed by atoms with Gasteiger partial charge in [-0.15, -0.1) is 0 Å². The van der Waals surface area contributed by atoms with Crippen molar-refractivity contribution in [3.63, 3.8) is 0 Å². The summed E-state index contributed by atoms with van der Waals surface area (Å²) in [5.74, 6) is -0.515. The van der Waals surface area contributed by atoms with Gasteiger partial charge in [0, 0.05) is 31.4 Å². The van der Waals surface area contributed by atoms with Gasteiger partial charge in [0.25, 0.3) is 5.91 Å². The lowest BCUT2D eigenvalue weighted by molar-refractivity contribution is -0.118. The Hall–Kier alpha value is -1.59. The Morgan fingerprint density at radius 3 is 2.55 bits per heavy atom. The zero-order chi connectivity index (χ0) is 16.7. The molecule has 5 nitrogen and oxygen atoms in total. The molecule has 0 aliphatic rings. The van der Waals surface area contributed by atoms with Crippen molar-refractivity contribution in [1.29, 1.82) is 0 Å². The summed E-state index contributed by atoms with van der Waals surface area (Å²) >= 11 is 6.08. The minimum atomic E-state index is -0.269. The van der Waals surface area contributed by atoms with Crippen LogP contribution in [0.4, 0.5) is 5.69 Å². The van der Waals surface area contributed by atoms with Crippen LogP contribution >= 0.6 is 11.6 Å². The first kappa shape index (κ1) is 18.5. The van der Waals surface area contributed by atoms with E-state index in [0.29, 0.717) is 29.3 Å². The van der Waals surface area contributed by atoms with Crippen molar-refractivity contribution in [2.45, 2.75) is 33.2 Å². The number of nitrogens with one attached hydrogen (secondary N) is 2. The quantitative estimate of drug-likeness (QED) is 0.809. The summed E-state index contributed by atoms with van der Waals surface area (Å²) in [5, 5.41) is 5.96. The van der Waals surface area contributed by atoms with E-state index in [9.17, 15) is 9.59 Å². The monoisotopic (exact) mass is 326 g/mol. The molecular formula is C16H23ClN2O3. The first-order chi connectivity index (χ1) is 10.3. The molecule has 2 N–H and O–H groups in total. The molecule has 1 aromatic rings. The summed E-state index contributed by atoms with van der Waals surface area (Å²) in [4.78, 5) is 24.0. The Kier molecular flexibility index (Phi) is 7.35. The first-order valence-electron chi connectivity index (χ1n) is 7.25. The normalized spacial score (nSPS) is 12.1. The number of halogens is 1. The zero-order valence-corrected chi connectivity index (χ0v) is 14.2. The van der Waals surface area contributed by atoms with Gasteiger partial charge in [-0.2, -0.15) is 0 Å². The van der Waals surface area contributed by atoms with Crippen LogP contribution in [0.25, 0.3) is 0 Å². The molecule has 0 aliphatic carbocycles. The van der Waals surface area contributed by atoms with E-state index in [4.69, 9.17) is 16.3 Å². The summed E-state index contributed by atoms with van der Waals surface area (Å²) in [6.45, 7) is 6.07. The number of methoxy groups -OCH3 is 1. The maximum atomic E-state index is 12.3. The van der Waals surface area contributed by atoms with Gasteiger partial charge in [-0.1, -0.05) is 25.4 Å². The fourth-order valence-electron chi connectivity index (χ4n) is 1.73. The Labute approximate surface area is 136 Å². The number of hydrogen-bond donors (Lipinski definition) is 2. The van der Waals surface area contributed by atoms with Gasteiger partial charge in [-0.05, 0) is 31.5 Å². The predicted molar refractivity (Wildman–Crippen MR) is 88.3 cm³/mol. The zero-order valence-electron chi connectivity index (χ0n) is 13.4. The van der Waals surface area contributed by atoms with E-state index < -0.39 is 0 Å². The highest BCUT2D eigenvalue weighted by Gasteiger charge is 2.15. The third-order valence-electron chi connectivity index (χ3n) is 3.14. The van der Waals surface area contributed by atoms with Crippen LogP contribution in [0.3, 0.4) is 0 Å². The predicted octanol–water partition coefficient (Wildman–Crippen LogP) is 3.09. The molecule has 0 fully saturated rings. The van der Waals surface area contributed by atoms with Crippen molar-refractivity contribution in [2.24, 2.45) is 5.92 Å². The van der Waals surface area contributed by atoms with E-state index >= 15 is 0 Å². The smallest absolute Gasteiger partial charge is 0.253 e. The Morgan fingerprint density at radius 1 is 1.27 bits per heavy atom. The molecule has 1 atom stereocenters. The molecule has 22 heavy (non-hydrogen) atoms. The topological polar surface area (TPSA) is 67.4 Å². The molecule has 0 saturated heterocycles. The number of hydrogen-bond acceptors (Lipinski definition) is 3. The molecule has 1 rings (SSSR count). The van der Waals surface area contributed by atoms with Crippen LogP contribution in [0.2, 0.25) is 5.02 Å².